The maximum Gasteiger partial charge on any atom is 0.330 e. The second-order valence-electron chi connectivity index (χ2n) is 4.68. The molecule has 0 amide bonds. The standard InChI is InChI=1S/C12H20N4O4/c1-4-20-8(17)5-14-9-10(13)16(6-7(2)3)12(19)15-11(9)18/h7,14H,4-6,13H2,1-3H3,(H,15,18,19). The summed E-state index contributed by atoms with van der Waals surface area (Å²) in [6, 6.07) is 0. The van der Waals surface area contributed by atoms with Crippen LogP contribution in [0.4, 0.5) is 11.5 Å². The SMILES string of the molecule is CCOC(=O)CNc1c(N)n(CC(C)C)c(=O)[nH]c1=O. The first-order chi connectivity index (χ1) is 9.36. The number of anilines is 2. The number of carbonyl (C=O) groups is 1. The number of nitrogens with one attached hydrogen (secondary N) is 2. The highest BCUT2D eigenvalue weighted by atomic mass is 16.5. The summed E-state index contributed by atoms with van der Waals surface area (Å²) in [5.74, 6) is -0.316. The third-order valence-corrected chi connectivity index (χ3v) is 2.50. The molecule has 0 aliphatic rings. The number of esters is 1. The number of hydrogen-bond donors (Lipinski definition) is 3. The van der Waals surface area contributed by atoms with E-state index in [0.717, 1.165) is 0 Å². The van der Waals surface area contributed by atoms with Gasteiger partial charge in [0.25, 0.3) is 5.56 Å². The molecule has 1 rings (SSSR count). The number of H-pyrrole nitrogens is 1. The first kappa shape index (κ1) is 15.8. The van der Waals surface area contributed by atoms with Crippen LogP contribution in [0, 0.1) is 5.92 Å². The lowest BCUT2D eigenvalue weighted by atomic mass is 10.2. The van der Waals surface area contributed by atoms with Gasteiger partial charge in [-0.3, -0.25) is 19.1 Å². The number of rotatable bonds is 6. The minimum atomic E-state index is -0.656. The van der Waals surface area contributed by atoms with Gasteiger partial charge in [-0.2, -0.15) is 0 Å². The Hall–Kier alpha value is -2.25. The van der Waals surface area contributed by atoms with Crippen molar-refractivity contribution in [1.29, 1.82) is 0 Å². The lowest BCUT2D eigenvalue weighted by Crippen LogP contribution is -2.35. The van der Waals surface area contributed by atoms with Crippen molar-refractivity contribution in [3.63, 3.8) is 0 Å². The summed E-state index contributed by atoms with van der Waals surface area (Å²) in [5.41, 5.74) is 4.60. The number of ether oxygens (including phenoxy) is 1. The van der Waals surface area contributed by atoms with Crippen LogP contribution in [-0.4, -0.2) is 28.7 Å². The topological polar surface area (TPSA) is 119 Å². The van der Waals surface area contributed by atoms with E-state index >= 15 is 0 Å². The third kappa shape index (κ3) is 3.87. The van der Waals surface area contributed by atoms with Gasteiger partial charge in [0.05, 0.1) is 6.61 Å². The minimum Gasteiger partial charge on any atom is -0.465 e. The summed E-state index contributed by atoms with van der Waals surface area (Å²) in [6.07, 6.45) is 0. The maximum absolute atomic E-state index is 11.7. The summed E-state index contributed by atoms with van der Waals surface area (Å²) in [7, 11) is 0. The molecule has 0 aromatic carbocycles. The van der Waals surface area contributed by atoms with E-state index in [1.807, 2.05) is 13.8 Å². The average molecular weight is 284 g/mol. The molecule has 0 unspecified atom stereocenters. The van der Waals surface area contributed by atoms with E-state index in [2.05, 4.69) is 10.3 Å². The summed E-state index contributed by atoms with van der Waals surface area (Å²) in [5, 5.41) is 2.60. The minimum absolute atomic E-state index is 0.00157. The van der Waals surface area contributed by atoms with Crippen LogP contribution in [0.5, 0.6) is 0 Å². The second-order valence-corrected chi connectivity index (χ2v) is 4.68. The van der Waals surface area contributed by atoms with E-state index in [1.165, 1.54) is 4.57 Å². The molecule has 8 heteroatoms. The fourth-order valence-electron chi connectivity index (χ4n) is 1.68. The number of aromatic nitrogens is 2. The van der Waals surface area contributed by atoms with Gasteiger partial charge in [0, 0.05) is 6.54 Å². The largest absolute Gasteiger partial charge is 0.465 e. The zero-order chi connectivity index (χ0) is 15.3. The predicted octanol–water partition coefficient (Wildman–Crippen LogP) is -0.250. The van der Waals surface area contributed by atoms with Crippen LogP contribution in [0.2, 0.25) is 0 Å². The molecule has 0 saturated heterocycles. The number of aromatic amines is 1. The van der Waals surface area contributed by atoms with Crippen molar-refractivity contribution in [1.82, 2.24) is 9.55 Å². The first-order valence-electron chi connectivity index (χ1n) is 6.38. The fraction of sp³-hybridized carbons (Fsp3) is 0.583. The molecule has 8 nitrogen and oxygen atoms in total. The molecule has 0 radical (unpaired) electrons. The molecule has 0 bridgehead atoms. The molecule has 20 heavy (non-hydrogen) atoms. The smallest absolute Gasteiger partial charge is 0.330 e. The first-order valence-corrected chi connectivity index (χ1v) is 6.38. The third-order valence-electron chi connectivity index (χ3n) is 2.50. The van der Waals surface area contributed by atoms with Gasteiger partial charge in [0.15, 0.2) is 0 Å². The number of nitrogens with zero attached hydrogens (tertiary/aromatic N) is 1. The number of nitrogens with two attached hydrogens (primary N) is 1. The lowest BCUT2D eigenvalue weighted by Gasteiger charge is -2.15. The van der Waals surface area contributed by atoms with Crippen molar-refractivity contribution in [2.24, 2.45) is 5.92 Å². The van der Waals surface area contributed by atoms with Gasteiger partial charge >= 0.3 is 11.7 Å². The lowest BCUT2D eigenvalue weighted by molar-refractivity contribution is -0.140. The average Bonchev–Trinajstić information content (AvgIpc) is 2.34. The van der Waals surface area contributed by atoms with Crippen molar-refractivity contribution in [2.45, 2.75) is 27.3 Å². The Balaban J connectivity index is 3.04. The van der Waals surface area contributed by atoms with E-state index in [0.29, 0.717) is 6.54 Å². The van der Waals surface area contributed by atoms with E-state index < -0.39 is 17.2 Å². The van der Waals surface area contributed by atoms with Crippen LogP contribution in [0.25, 0.3) is 0 Å². The van der Waals surface area contributed by atoms with E-state index in [9.17, 15) is 14.4 Å². The van der Waals surface area contributed by atoms with E-state index in [-0.39, 0.29) is 30.6 Å². The van der Waals surface area contributed by atoms with Crippen LogP contribution in [0.1, 0.15) is 20.8 Å². The van der Waals surface area contributed by atoms with Gasteiger partial charge in [-0.05, 0) is 12.8 Å². The highest BCUT2D eigenvalue weighted by Crippen LogP contribution is 2.11. The van der Waals surface area contributed by atoms with Gasteiger partial charge in [0.1, 0.15) is 18.1 Å². The highest BCUT2D eigenvalue weighted by molar-refractivity contribution is 5.76. The Kier molecular flexibility index (Phi) is 5.36. The van der Waals surface area contributed by atoms with Gasteiger partial charge in [-0.1, -0.05) is 13.8 Å². The molecule has 0 atom stereocenters. The molecular formula is C12H20N4O4. The Morgan fingerprint density at radius 3 is 2.65 bits per heavy atom. The van der Waals surface area contributed by atoms with Crippen LogP contribution in [0.3, 0.4) is 0 Å². The van der Waals surface area contributed by atoms with Crippen molar-refractivity contribution in [2.75, 3.05) is 24.2 Å². The van der Waals surface area contributed by atoms with Gasteiger partial charge < -0.3 is 15.8 Å². The Morgan fingerprint density at radius 1 is 1.45 bits per heavy atom. The molecule has 1 aromatic rings. The maximum atomic E-state index is 11.7. The quantitative estimate of drug-likeness (QED) is 0.620. The van der Waals surface area contributed by atoms with Crippen molar-refractivity contribution < 1.29 is 9.53 Å². The molecule has 0 aliphatic heterocycles. The fourth-order valence-corrected chi connectivity index (χ4v) is 1.68. The molecule has 1 aromatic heterocycles. The second kappa shape index (κ2) is 6.78. The molecule has 0 spiro atoms. The van der Waals surface area contributed by atoms with Crippen LogP contribution in [-0.2, 0) is 16.1 Å². The van der Waals surface area contributed by atoms with Gasteiger partial charge in [-0.25, -0.2) is 4.79 Å². The van der Waals surface area contributed by atoms with Gasteiger partial charge in [-0.15, -0.1) is 0 Å². The van der Waals surface area contributed by atoms with Crippen LogP contribution in [0.15, 0.2) is 9.59 Å². The number of hydrogen-bond acceptors (Lipinski definition) is 6. The normalized spacial score (nSPS) is 10.6. The Morgan fingerprint density at radius 2 is 2.10 bits per heavy atom. The van der Waals surface area contributed by atoms with E-state index in [4.69, 9.17) is 10.5 Å². The summed E-state index contributed by atoms with van der Waals surface area (Å²) >= 11 is 0. The predicted molar refractivity (Wildman–Crippen MR) is 75.7 cm³/mol. The van der Waals surface area contributed by atoms with Crippen LogP contribution >= 0.6 is 0 Å². The molecule has 0 fully saturated rings. The summed E-state index contributed by atoms with van der Waals surface area (Å²) in [6.45, 7) is 5.95. The summed E-state index contributed by atoms with van der Waals surface area (Å²) < 4.78 is 6.00. The monoisotopic (exact) mass is 284 g/mol. The van der Waals surface area contributed by atoms with Crippen LogP contribution < -0.4 is 22.3 Å². The van der Waals surface area contributed by atoms with Crippen molar-refractivity contribution >= 4 is 17.5 Å². The van der Waals surface area contributed by atoms with E-state index in [1.54, 1.807) is 6.92 Å². The number of nitrogen functional groups attached to an aromatic ring is 1. The molecular weight excluding hydrogens is 264 g/mol. The zero-order valence-corrected chi connectivity index (χ0v) is 11.9. The van der Waals surface area contributed by atoms with Crippen molar-refractivity contribution in [3.05, 3.63) is 20.8 Å². The Bertz CT molecular complexity index is 588. The van der Waals surface area contributed by atoms with Crippen molar-refractivity contribution in [3.8, 4) is 0 Å². The highest BCUT2D eigenvalue weighted by Gasteiger charge is 2.14. The molecule has 0 aliphatic carbocycles. The van der Waals surface area contributed by atoms with Gasteiger partial charge in [0.2, 0.25) is 0 Å². The molecule has 4 N–H and O–H groups in total. The summed E-state index contributed by atoms with van der Waals surface area (Å²) in [4.78, 5) is 36.8. The molecule has 112 valence electrons. The zero-order valence-electron chi connectivity index (χ0n) is 11.9. The molecule has 0 saturated carbocycles. The number of carbonyl (C=O) groups excluding carboxylic acids is 1. The Labute approximate surface area is 115 Å². The molecule has 1 heterocycles.